The van der Waals surface area contributed by atoms with E-state index in [0.29, 0.717) is 38.8 Å². The third kappa shape index (κ3) is 11.7. The van der Waals surface area contributed by atoms with Gasteiger partial charge in [-0.05, 0) is 62.1 Å². The van der Waals surface area contributed by atoms with Crippen LogP contribution in [-0.2, 0) is 36.8 Å². The van der Waals surface area contributed by atoms with Gasteiger partial charge in [-0.2, -0.15) is 0 Å². The molecule has 1 aliphatic heterocycles. The largest absolute Gasteiger partial charge is 0.361 e. The van der Waals surface area contributed by atoms with Crippen LogP contribution in [0.1, 0.15) is 71.9 Å². The van der Waals surface area contributed by atoms with Gasteiger partial charge in [0.15, 0.2) is 5.78 Å². The van der Waals surface area contributed by atoms with Gasteiger partial charge >= 0.3 is 0 Å². The number of hydrogen-bond donors (Lipinski definition) is 4. The number of hydrogen-bond acceptors (Lipinski definition) is 6. The topological polar surface area (TPSA) is 129 Å². The first-order valence-electron chi connectivity index (χ1n) is 16.3. The van der Waals surface area contributed by atoms with Crippen molar-refractivity contribution in [1.29, 1.82) is 0 Å². The van der Waals surface area contributed by atoms with Crippen molar-refractivity contribution in [1.82, 2.24) is 21.3 Å². The molecule has 3 amide bonds. The van der Waals surface area contributed by atoms with Crippen LogP contribution in [-0.4, -0.2) is 66.4 Å². The number of aryl methyl sites for hydroxylation is 1. The Labute approximate surface area is 268 Å². The zero-order valence-corrected chi connectivity index (χ0v) is 27.7. The maximum absolute atomic E-state index is 13.8. The average Bonchev–Trinajstić information content (AvgIpc) is 3.76. The van der Waals surface area contributed by atoms with E-state index in [2.05, 4.69) is 21.3 Å². The number of rotatable bonds is 19. The molecule has 3 rings (SSSR count). The lowest BCUT2D eigenvalue weighted by molar-refractivity contribution is -0.134. The van der Waals surface area contributed by atoms with E-state index in [4.69, 9.17) is 4.74 Å². The van der Waals surface area contributed by atoms with Gasteiger partial charge in [-0.15, -0.1) is 0 Å². The van der Waals surface area contributed by atoms with Gasteiger partial charge in [-0.1, -0.05) is 95.3 Å². The summed E-state index contributed by atoms with van der Waals surface area (Å²) in [5.41, 5.74) is 1.11. The maximum atomic E-state index is 13.8. The highest BCUT2D eigenvalue weighted by atomic mass is 16.6. The van der Waals surface area contributed by atoms with Crippen molar-refractivity contribution in [2.75, 3.05) is 13.2 Å². The van der Waals surface area contributed by atoms with E-state index in [1.807, 2.05) is 95.3 Å². The summed E-state index contributed by atoms with van der Waals surface area (Å²) in [4.78, 5) is 54.4. The number of ketones is 1. The summed E-state index contributed by atoms with van der Waals surface area (Å²) in [5.74, 6) is -1.03. The van der Waals surface area contributed by atoms with Gasteiger partial charge in [0.1, 0.15) is 17.7 Å². The van der Waals surface area contributed by atoms with Crippen LogP contribution in [0.25, 0.3) is 0 Å². The summed E-state index contributed by atoms with van der Waals surface area (Å²) < 4.78 is 5.39. The third-order valence-corrected chi connectivity index (χ3v) is 8.03. The summed E-state index contributed by atoms with van der Waals surface area (Å²) >= 11 is 0. The van der Waals surface area contributed by atoms with Crippen molar-refractivity contribution in [3.63, 3.8) is 0 Å². The number of ether oxygens (including phenoxy) is 1. The van der Waals surface area contributed by atoms with E-state index >= 15 is 0 Å². The van der Waals surface area contributed by atoms with Crippen molar-refractivity contribution in [3.05, 3.63) is 71.8 Å². The minimum Gasteiger partial charge on any atom is -0.361 e. The second-order valence-electron chi connectivity index (χ2n) is 13.2. The molecule has 0 saturated carbocycles. The van der Waals surface area contributed by atoms with E-state index in [1.54, 1.807) is 6.92 Å². The highest BCUT2D eigenvalue weighted by Gasteiger charge is 2.50. The summed E-state index contributed by atoms with van der Waals surface area (Å²) in [6, 6.07) is 16.4. The molecular formula is C36H52N4O5. The zero-order chi connectivity index (χ0) is 33.0. The molecule has 246 valence electrons. The third-order valence-electron chi connectivity index (χ3n) is 8.03. The van der Waals surface area contributed by atoms with Gasteiger partial charge in [0.25, 0.3) is 0 Å². The zero-order valence-electron chi connectivity index (χ0n) is 27.7. The predicted octanol–water partition coefficient (Wildman–Crippen LogP) is 3.74. The number of epoxide rings is 1. The van der Waals surface area contributed by atoms with E-state index < -0.39 is 41.6 Å². The van der Waals surface area contributed by atoms with Crippen LogP contribution < -0.4 is 21.3 Å². The Morgan fingerprint density at radius 1 is 0.711 bits per heavy atom. The molecule has 0 radical (unpaired) electrons. The van der Waals surface area contributed by atoms with Crippen molar-refractivity contribution < 1.29 is 23.9 Å². The highest BCUT2D eigenvalue weighted by molar-refractivity contribution is 5.98. The molecule has 9 heteroatoms. The molecule has 0 bridgehead atoms. The first kappa shape index (κ1) is 35.9. The molecular weight excluding hydrogens is 568 g/mol. The Balaban J connectivity index is 1.77. The Morgan fingerprint density at radius 2 is 1.18 bits per heavy atom. The van der Waals surface area contributed by atoms with Crippen LogP contribution in [0.4, 0.5) is 0 Å². The fourth-order valence-corrected chi connectivity index (χ4v) is 5.43. The van der Waals surface area contributed by atoms with E-state index in [9.17, 15) is 19.2 Å². The SMILES string of the molecule is CCN[C@@H](CCc1ccccc1)C(=O)NC(CC(C)C)C(=O)N[C@@H](Cc1ccccc1)C(=O)NC(CC(C)C)C(=O)[C@@]1(C)CO1. The minimum atomic E-state index is -0.954. The first-order valence-corrected chi connectivity index (χ1v) is 16.3. The fraction of sp³-hybridized carbons (Fsp3) is 0.556. The number of nitrogens with one attached hydrogen (secondary N) is 4. The molecule has 0 spiro atoms. The molecule has 1 fully saturated rings. The van der Waals surface area contributed by atoms with Crippen molar-refractivity contribution in [2.24, 2.45) is 11.8 Å². The Kier molecular flexibility index (Phi) is 13.7. The minimum absolute atomic E-state index is 0.108. The number of benzene rings is 2. The van der Waals surface area contributed by atoms with E-state index in [-0.39, 0.29) is 29.9 Å². The molecule has 1 heterocycles. The Bertz CT molecular complexity index is 1250. The molecule has 1 aliphatic rings. The average molecular weight is 621 g/mol. The highest BCUT2D eigenvalue weighted by Crippen LogP contribution is 2.29. The van der Waals surface area contributed by atoms with Gasteiger partial charge < -0.3 is 26.0 Å². The van der Waals surface area contributed by atoms with Crippen LogP contribution in [0.5, 0.6) is 0 Å². The second-order valence-corrected chi connectivity index (χ2v) is 13.2. The lowest BCUT2D eigenvalue weighted by Crippen LogP contribution is -2.58. The van der Waals surface area contributed by atoms with Crippen LogP contribution in [0.3, 0.4) is 0 Å². The lowest BCUT2D eigenvalue weighted by Gasteiger charge is -2.28. The fourth-order valence-electron chi connectivity index (χ4n) is 5.43. The van der Waals surface area contributed by atoms with Gasteiger partial charge in [-0.25, -0.2) is 0 Å². The summed E-state index contributed by atoms with van der Waals surface area (Å²) in [6.07, 6.45) is 2.38. The van der Waals surface area contributed by atoms with Crippen LogP contribution in [0.15, 0.2) is 60.7 Å². The second kappa shape index (κ2) is 17.2. The van der Waals surface area contributed by atoms with E-state index in [0.717, 1.165) is 11.1 Å². The van der Waals surface area contributed by atoms with Crippen LogP contribution >= 0.6 is 0 Å². The molecule has 45 heavy (non-hydrogen) atoms. The summed E-state index contributed by atoms with van der Waals surface area (Å²) in [6.45, 7) is 12.6. The van der Waals surface area contributed by atoms with Crippen molar-refractivity contribution in [2.45, 2.75) is 103 Å². The quantitative estimate of drug-likeness (QED) is 0.177. The Hall–Kier alpha value is -3.56. The van der Waals surface area contributed by atoms with Gasteiger partial charge in [0, 0.05) is 6.42 Å². The number of carbonyl (C=O) groups excluding carboxylic acids is 4. The molecule has 2 unspecified atom stereocenters. The normalized spacial score (nSPS) is 18.5. The van der Waals surface area contributed by atoms with Crippen LogP contribution in [0.2, 0.25) is 0 Å². The summed E-state index contributed by atoms with van der Waals surface area (Å²) in [7, 11) is 0. The maximum Gasteiger partial charge on any atom is 0.243 e. The lowest BCUT2D eigenvalue weighted by atomic mass is 9.93. The number of likely N-dealkylation sites (N-methyl/N-ethyl adjacent to an activating group) is 1. The molecule has 0 aliphatic carbocycles. The summed E-state index contributed by atoms with van der Waals surface area (Å²) in [5, 5.41) is 12.1. The van der Waals surface area contributed by atoms with Gasteiger partial charge in [-0.3, -0.25) is 19.2 Å². The molecule has 2 aromatic rings. The molecule has 5 atom stereocenters. The number of amides is 3. The molecule has 0 aromatic heterocycles. The van der Waals surface area contributed by atoms with Gasteiger partial charge in [0.2, 0.25) is 17.7 Å². The van der Waals surface area contributed by atoms with Crippen molar-refractivity contribution >= 4 is 23.5 Å². The number of carbonyl (C=O) groups is 4. The first-order chi connectivity index (χ1) is 21.4. The molecule has 1 saturated heterocycles. The molecule has 4 N–H and O–H groups in total. The monoisotopic (exact) mass is 620 g/mol. The van der Waals surface area contributed by atoms with Gasteiger partial charge in [0.05, 0.1) is 18.7 Å². The number of Topliss-reactive ketones (excluding diaryl/α,β-unsaturated/α-hetero) is 1. The van der Waals surface area contributed by atoms with Crippen molar-refractivity contribution in [3.8, 4) is 0 Å². The van der Waals surface area contributed by atoms with E-state index in [1.165, 1.54) is 0 Å². The van der Waals surface area contributed by atoms with Crippen LogP contribution in [0, 0.1) is 11.8 Å². The smallest absolute Gasteiger partial charge is 0.243 e. The Morgan fingerprint density at radius 3 is 1.71 bits per heavy atom. The molecule has 9 nitrogen and oxygen atoms in total. The molecule has 2 aromatic carbocycles. The predicted molar refractivity (Wildman–Crippen MR) is 176 cm³/mol. The standard InChI is InChI=1S/C36H52N4O5/c1-7-37-28(19-18-26-14-10-8-11-15-26)33(42)39-30(21-25(4)5)34(43)40-31(22-27-16-12-9-13-17-27)35(44)38-29(20-24(2)3)32(41)36(6)23-45-36/h8-17,24-25,28-31,37H,7,18-23H2,1-6H3,(H,38,44)(H,39,42)(H,40,43)/t28-,29?,30?,31-,36+/m0/s1.